The Labute approximate surface area is 137 Å². The number of aliphatic imine (C=N–C) groups is 3. The van der Waals surface area contributed by atoms with E-state index in [1.807, 2.05) is 0 Å². The summed E-state index contributed by atoms with van der Waals surface area (Å²) in [6.07, 6.45) is 4.30. The lowest BCUT2D eigenvalue weighted by Gasteiger charge is -2.21. The van der Waals surface area contributed by atoms with Crippen LogP contribution in [0.25, 0.3) is 0 Å². The van der Waals surface area contributed by atoms with Crippen LogP contribution in [-0.2, 0) is 34.0 Å². The second-order valence-electron chi connectivity index (χ2n) is 4.26. The molecule has 9 nitrogen and oxygen atoms in total. The van der Waals surface area contributed by atoms with Gasteiger partial charge in [-0.05, 0) is 0 Å². The van der Waals surface area contributed by atoms with Crippen molar-refractivity contribution in [2.45, 2.75) is 19.6 Å². The van der Waals surface area contributed by atoms with Crippen LogP contribution < -0.4 is 14.2 Å². The van der Waals surface area contributed by atoms with Crippen LogP contribution in [0, 0.1) is 0 Å². The highest BCUT2D eigenvalue weighted by Crippen LogP contribution is 2.44. The zero-order valence-electron chi connectivity index (χ0n) is 13.4. The molecule has 0 N–H and O–H groups in total. The predicted molar refractivity (Wildman–Crippen MR) is 81.6 cm³/mol. The Bertz CT molecular complexity index is 621. The summed E-state index contributed by atoms with van der Waals surface area (Å²) in [7, 11) is 4.21. The first-order chi connectivity index (χ1) is 11.7. The highest BCUT2D eigenvalue weighted by molar-refractivity contribution is 5.64. The molecule has 0 amide bonds. The summed E-state index contributed by atoms with van der Waals surface area (Å²) >= 11 is 0. The normalized spacial score (nSPS) is 9.12. The molecule has 0 aliphatic carbocycles. The van der Waals surface area contributed by atoms with Crippen molar-refractivity contribution in [3.8, 4) is 17.2 Å². The number of rotatable bonds is 9. The van der Waals surface area contributed by atoms with Gasteiger partial charge in [0.05, 0.1) is 57.7 Å². The van der Waals surface area contributed by atoms with Crippen LogP contribution in [0.1, 0.15) is 16.7 Å². The molecule has 0 bridgehead atoms. The molecule has 0 atom stereocenters. The van der Waals surface area contributed by atoms with Crippen LogP contribution in [0.5, 0.6) is 17.2 Å². The topological polar surface area (TPSA) is 116 Å². The Hall–Kier alpha value is -3.24. The van der Waals surface area contributed by atoms with Gasteiger partial charge in [0, 0.05) is 0 Å². The van der Waals surface area contributed by atoms with Gasteiger partial charge < -0.3 is 14.2 Å². The molecule has 1 aromatic rings. The molecule has 0 saturated heterocycles. The highest BCUT2D eigenvalue weighted by atomic mass is 16.5. The molecular weight excluding hydrogens is 318 g/mol. The number of isocyanates is 3. The molecule has 0 spiro atoms. The third-order valence-electron chi connectivity index (χ3n) is 3.16. The molecule has 0 fully saturated rings. The molecule has 0 saturated carbocycles. The fourth-order valence-electron chi connectivity index (χ4n) is 2.36. The molecule has 0 unspecified atom stereocenters. The Morgan fingerprint density at radius 1 is 0.625 bits per heavy atom. The van der Waals surface area contributed by atoms with E-state index in [1.54, 1.807) is 0 Å². The third-order valence-corrected chi connectivity index (χ3v) is 3.16. The van der Waals surface area contributed by atoms with Crippen molar-refractivity contribution in [3.05, 3.63) is 16.7 Å². The van der Waals surface area contributed by atoms with Gasteiger partial charge >= 0.3 is 0 Å². The van der Waals surface area contributed by atoms with E-state index in [1.165, 1.54) is 39.6 Å². The molecule has 1 rings (SSSR count). The van der Waals surface area contributed by atoms with Gasteiger partial charge in [0.2, 0.25) is 18.2 Å². The summed E-state index contributed by atoms with van der Waals surface area (Å²) in [5.41, 5.74) is 1.24. The number of carbonyl (C=O) groups excluding carboxylic acids is 3. The first-order valence-corrected chi connectivity index (χ1v) is 6.63. The van der Waals surface area contributed by atoms with Gasteiger partial charge in [-0.2, -0.15) is 0 Å². The van der Waals surface area contributed by atoms with Crippen LogP contribution in [-0.4, -0.2) is 39.6 Å². The molecule has 126 valence electrons. The Morgan fingerprint density at radius 3 is 1.04 bits per heavy atom. The van der Waals surface area contributed by atoms with Gasteiger partial charge in [0.1, 0.15) is 17.2 Å². The van der Waals surface area contributed by atoms with Crippen molar-refractivity contribution in [2.75, 3.05) is 21.3 Å². The van der Waals surface area contributed by atoms with Crippen molar-refractivity contribution in [2.24, 2.45) is 15.0 Å². The third kappa shape index (κ3) is 3.94. The molecular formula is C15H15N3O6. The second-order valence-corrected chi connectivity index (χ2v) is 4.26. The van der Waals surface area contributed by atoms with Gasteiger partial charge in [0.15, 0.2) is 0 Å². The van der Waals surface area contributed by atoms with Gasteiger partial charge in [-0.3, -0.25) is 0 Å². The fourth-order valence-corrected chi connectivity index (χ4v) is 2.36. The first-order valence-electron chi connectivity index (χ1n) is 6.63. The lowest BCUT2D eigenvalue weighted by Crippen LogP contribution is -2.07. The maximum atomic E-state index is 10.5. The minimum atomic E-state index is -0.0878. The maximum Gasteiger partial charge on any atom is 0.235 e. The largest absolute Gasteiger partial charge is 0.496 e. The minimum Gasteiger partial charge on any atom is -0.496 e. The van der Waals surface area contributed by atoms with E-state index in [-0.39, 0.29) is 19.6 Å². The molecule has 9 heteroatoms. The van der Waals surface area contributed by atoms with E-state index < -0.39 is 0 Å². The number of methoxy groups -OCH3 is 3. The van der Waals surface area contributed by atoms with E-state index in [0.717, 1.165) is 0 Å². The van der Waals surface area contributed by atoms with Crippen LogP contribution in [0.2, 0.25) is 0 Å². The first kappa shape index (κ1) is 18.8. The molecule has 1 aromatic carbocycles. The molecule has 0 heterocycles. The summed E-state index contributed by atoms with van der Waals surface area (Å²) in [5, 5.41) is 0. The minimum absolute atomic E-state index is 0.0878. The van der Waals surface area contributed by atoms with E-state index in [9.17, 15) is 14.4 Å². The van der Waals surface area contributed by atoms with Crippen molar-refractivity contribution < 1.29 is 28.6 Å². The van der Waals surface area contributed by atoms with Crippen molar-refractivity contribution in [1.82, 2.24) is 0 Å². The summed E-state index contributed by atoms with van der Waals surface area (Å²) < 4.78 is 16.1. The van der Waals surface area contributed by atoms with E-state index in [4.69, 9.17) is 14.2 Å². The van der Waals surface area contributed by atoms with Crippen LogP contribution in [0.4, 0.5) is 0 Å². The molecule has 0 aliphatic rings. The molecule has 24 heavy (non-hydrogen) atoms. The molecule has 0 radical (unpaired) electrons. The highest BCUT2D eigenvalue weighted by Gasteiger charge is 2.26. The van der Waals surface area contributed by atoms with E-state index >= 15 is 0 Å². The van der Waals surface area contributed by atoms with E-state index in [2.05, 4.69) is 15.0 Å². The van der Waals surface area contributed by atoms with Crippen molar-refractivity contribution >= 4 is 18.2 Å². The van der Waals surface area contributed by atoms with Crippen LogP contribution in [0.15, 0.2) is 15.0 Å². The zero-order chi connectivity index (χ0) is 17.9. The number of hydrogen-bond acceptors (Lipinski definition) is 9. The maximum absolute atomic E-state index is 10.5. The Morgan fingerprint density at radius 2 is 0.875 bits per heavy atom. The van der Waals surface area contributed by atoms with Gasteiger partial charge in [0.25, 0.3) is 0 Å². The zero-order valence-corrected chi connectivity index (χ0v) is 13.4. The van der Waals surface area contributed by atoms with Gasteiger partial charge in [-0.1, -0.05) is 0 Å². The van der Waals surface area contributed by atoms with Crippen molar-refractivity contribution in [1.29, 1.82) is 0 Å². The average molecular weight is 333 g/mol. The lowest BCUT2D eigenvalue weighted by atomic mass is 9.99. The summed E-state index contributed by atoms with van der Waals surface area (Å²) in [6.45, 7) is -0.264. The lowest BCUT2D eigenvalue weighted by molar-refractivity contribution is 0.357. The molecule has 0 aromatic heterocycles. The summed E-state index contributed by atoms with van der Waals surface area (Å²) in [4.78, 5) is 42.0. The van der Waals surface area contributed by atoms with Gasteiger partial charge in [-0.25, -0.2) is 29.4 Å². The Kier molecular flexibility index (Phi) is 7.61. The number of ether oxygens (including phenoxy) is 3. The predicted octanol–water partition coefficient (Wildman–Crippen LogP) is 1.22. The SMILES string of the molecule is COc1c(CN=C=O)c(OC)c(CN=C=O)c(OC)c1CN=C=O. The average Bonchev–Trinajstić information content (AvgIpc) is 2.61. The summed E-state index contributed by atoms with van der Waals surface area (Å²) in [6, 6.07) is 0. The van der Waals surface area contributed by atoms with Crippen LogP contribution >= 0.6 is 0 Å². The summed E-state index contributed by atoms with van der Waals surface area (Å²) in [5.74, 6) is 0.876. The van der Waals surface area contributed by atoms with E-state index in [0.29, 0.717) is 33.9 Å². The number of hydrogen-bond donors (Lipinski definition) is 0. The molecule has 0 aliphatic heterocycles. The number of nitrogens with zero attached hydrogens (tertiary/aromatic N) is 3. The smallest absolute Gasteiger partial charge is 0.235 e. The Balaban J connectivity index is 3.86. The van der Waals surface area contributed by atoms with Crippen LogP contribution in [0.3, 0.4) is 0 Å². The second kappa shape index (κ2) is 9.71. The quantitative estimate of drug-likeness (QED) is 0.495. The standard InChI is InChI=1S/C15H15N3O6/c1-22-13-10(4-16-7-19)14(23-2)12(6-18-9-21)15(24-3)11(13)5-17-8-20/h4-6H2,1-3H3. The van der Waals surface area contributed by atoms with Crippen molar-refractivity contribution in [3.63, 3.8) is 0 Å². The fraction of sp³-hybridized carbons (Fsp3) is 0.400. The van der Waals surface area contributed by atoms with Gasteiger partial charge in [-0.15, -0.1) is 0 Å². The monoisotopic (exact) mass is 333 g/mol. The number of benzene rings is 1.